The summed E-state index contributed by atoms with van der Waals surface area (Å²) >= 11 is 0. The van der Waals surface area contributed by atoms with Gasteiger partial charge in [0.2, 0.25) is 0 Å². The molecule has 0 heterocycles. The van der Waals surface area contributed by atoms with Crippen molar-refractivity contribution < 1.29 is 64.5 Å². The van der Waals surface area contributed by atoms with E-state index in [0.717, 1.165) is 0 Å². The fraction of sp³-hybridized carbons (Fsp3) is 0. The summed E-state index contributed by atoms with van der Waals surface area (Å²) in [5, 5.41) is 16.7. The Morgan fingerprint density at radius 3 is 1.14 bits per heavy atom. The molecule has 0 aliphatic carbocycles. The summed E-state index contributed by atoms with van der Waals surface area (Å²) < 4.78 is 0. The van der Waals surface area contributed by atoms with Crippen LogP contribution in [-0.2, 0) is 49.5 Å². The van der Waals surface area contributed by atoms with E-state index in [9.17, 15) is 0 Å². The van der Waals surface area contributed by atoms with Gasteiger partial charge < -0.3 is 15.0 Å². The number of carbonyl (C=O) groups excluding carboxylic acids is 1. The van der Waals surface area contributed by atoms with Gasteiger partial charge in [-0.1, -0.05) is 0 Å². The molecule has 7 heavy (non-hydrogen) atoms. The predicted molar refractivity (Wildman–Crippen MR) is 5.40 cm³/mol. The van der Waals surface area contributed by atoms with Gasteiger partial charge in [0.15, 0.2) is 0 Å². The first kappa shape index (κ1) is 25.1. The van der Waals surface area contributed by atoms with E-state index in [4.69, 9.17) is 15.0 Å². The number of carbonyl (C=O) groups is 1. The molecule has 0 spiro atoms. The van der Waals surface area contributed by atoms with E-state index < -0.39 is 6.16 Å². The zero-order valence-electron chi connectivity index (χ0n) is 2.67. The summed E-state index contributed by atoms with van der Waals surface area (Å²) in [6.45, 7) is 0. The molecular formula is CNi3O3. The monoisotopic (exact) mass is 234 g/mol. The van der Waals surface area contributed by atoms with Crippen LogP contribution in [0.2, 0.25) is 0 Å². The van der Waals surface area contributed by atoms with E-state index in [0.29, 0.717) is 0 Å². The Kier molecular flexibility index (Phi) is 56.9. The Balaban J connectivity index is -0.0000000150. The first-order valence-electron chi connectivity index (χ1n) is 0.612. The van der Waals surface area contributed by atoms with E-state index in [1.807, 2.05) is 0 Å². The third kappa shape index (κ3) is 270. The van der Waals surface area contributed by atoms with Crippen LogP contribution in [-0.4, -0.2) is 6.16 Å². The predicted octanol–water partition coefficient (Wildman–Crippen LogP) is -2.45. The van der Waals surface area contributed by atoms with Crippen molar-refractivity contribution in [3.05, 3.63) is 0 Å². The average Bonchev–Trinajstić information content (AvgIpc) is 0.811. The van der Waals surface area contributed by atoms with Crippen molar-refractivity contribution >= 4 is 6.16 Å². The minimum absolute atomic E-state index is 0. The molecule has 0 N–H and O–H groups in total. The van der Waals surface area contributed by atoms with Crippen LogP contribution >= 0.6 is 0 Å². The van der Waals surface area contributed by atoms with Crippen LogP contribution in [0.15, 0.2) is 0 Å². The molecule has 0 radical (unpaired) electrons. The van der Waals surface area contributed by atoms with E-state index in [1.54, 1.807) is 0 Å². The second-order valence-corrected chi connectivity index (χ2v) is 0.250. The van der Waals surface area contributed by atoms with Crippen LogP contribution < -0.4 is 10.2 Å². The Hall–Kier alpha value is 0.751. The molecule has 0 saturated heterocycles. The molecular weight excluding hydrogens is 236 g/mol. The van der Waals surface area contributed by atoms with Gasteiger partial charge in [-0.05, 0) is 6.16 Å². The van der Waals surface area contributed by atoms with Gasteiger partial charge in [0.25, 0.3) is 0 Å². The van der Waals surface area contributed by atoms with Crippen LogP contribution in [0.1, 0.15) is 0 Å². The van der Waals surface area contributed by atoms with Crippen LogP contribution in [0.25, 0.3) is 0 Å². The van der Waals surface area contributed by atoms with E-state index in [1.165, 1.54) is 0 Å². The molecule has 0 aliphatic rings. The van der Waals surface area contributed by atoms with Gasteiger partial charge in [-0.3, -0.25) is 0 Å². The maximum Gasteiger partial charge on any atom is 2.00 e. The average molecular weight is 236 g/mol. The molecule has 0 amide bonds. The normalized spacial score (nSPS) is 3.43. The SMILES string of the molecule is O=C([O-])[O-].[Ni+2].[Ni].[Ni]. The molecule has 0 saturated carbocycles. The summed E-state index contributed by atoms with van der Waals surface area (Å²) in [7, 11) is 0. The molecule has 3 nitrogen and oxygen atoms in total. The van der Waals surface area contributed by atoms with Crippen molar-refractivity contribution in [1.82, 2.24) is 0 Å². The Morgan fingerprint density at radius 1 is 1.14 bits per heavy atom. The van der Waals surface area contributed by atoms with Gasteiger partial charge in [-0.15, -0.1) is 0 Å². The third-order valence-corrected chi connectivity index (χ3v) is 0. The van der Waals surface area contributed by atoms with Crippen molar-refractivity contribution in [1.29, 1.82) is 0 Å². The minimum atomic E-state index is -2.33. The molecule has 0 aromatic rings. The maximum atomic E-state index is 8.33. The van der Waals surface area contributed by atoms with Gasteiger partial charge in [0, 0.05) is 33.0 Å². The van der Waals surface area contributed by atoms with Crippen LogP contribution in [0.4, 0.5) is 4.79 Å². The van der Waals surface area contributed by atoms with E-state index in [-0.39, 0.29) is 49.5 Å². The number of hydrogen-bond acceptors (Lipinski definition) is 3. The van der Waals surface area contributed by atoms with Gasteiger partial charge >= 0.3 is 16.5 Å². The molecule has 0 aliphatic heterocycles. The van der Waals surface area contributed by atoms with Crippen molar-refractivity contribution in [3.63, 3.8) is 0 Å². The largest absolute Gasteiger partial charge is 2.00 e. The molecule has 0 fully saturated rings. The van der Waals surface area contributed by atoms with Crippen LogP contribution in [0, 0.1) is 0 Å². The fourth-order valence-electron chi connectivity index (χ4n) is 0. The van der Waals surface area contributed by atoms with Crippen LogP contribution in [0.3, 0.4) is 0 Å². The molecule has 0 rings (SSSR count). The second kappa shape index (κ2) is 15.9. The molecule has 0 aromatic heterocycles. The molecule has 0 aromatic carbocycles. The zero-order valence-corrected chi connectivity index (χ0v) is 5.64. The summed E-state index contributed by atoms with van der Waals surface area (Å²) in [5.74, 6) is 0. The van der Waals surface area contributed by atoms with Gasteiger partial charge in [0.05, 0.1) is 0 Å². The number of hydrogen-bond donors (Lipinski definition) is 0. The van der Waals surface area contributed by atoms with E-state index in [2.05, 4.69) is 0 Å². The number of carboxylic acid groups (broad SMARTS) is 2. The standard InChI is InChI=1S/CH2O3.3Ni/c2-1(3)4;;;/h(H2,2,3,4);;;/q;;;+2/p-2. The quantitative estimate of drug-likeness (QED) is 0.438. The maximum absolute atomic E-state index is 8.33. The van der Waals surface area contributed by atoms with E-state index >= 15 is 0 Å². The third-order valence-electron chi connectivity index (χ3n) is 0. The minimum Gasteiger partial charge on any atom is -0.652 e. The first-order chi connectivity index (χ1) is 1.73. The Labute approximate surface area is 70.6 Å². The summed E-state index contributed by atoms with van der Waals surface area (Å²) in [5.41, 5.74) is 0. The molecule has 0 atom stereocenters. The van der Waals surface area contributed by atoms with Crippen LogP contribution in [0.5, 0.6) is 0 Å². The zero-order chi connectivity index (χ0) is 3.58. The fourth-order valence-corrected chi connectivity index (χ4v) is 0. The summed E-state index contributed by atoms with van der Waals surface area (Å²) in [6, 6.07) is 0. The van der Waals surface area contributed by atoms with Gasteiger partial charge in [0.1, 0.15) is 0 Å². The Bertz CT molecular complexity index is 33.2. The molecule has 0 bridgehead atoms. The summed E-state index contributed by atoms with van der Waals surface area (Å²) in [4.78, 5) is 8.33. The second-order valence-electron chi connectivity index (χ2n) is 0.250. The topological polar surface area (TPSA) is 63.2 Å². The van der Waals surface area contributed by atoms with Crippen molar-refractivity contribution in [2.24, 2.45) is 0 Å². The molecule has 6 heteroatoms. The van der Waals surface area contributed by atoms with Gasteiger partial charge in [-0.2, -0.15) is 0 Å². The van der Waals surface area contributed by atoms with Gasteiger partial charge in [-0.25, -0.2) is 0 Å². The smallest absolute Gasteiger partial charge is 0.652 e. The summed E-state index contributed by atoms with van der Waals surface area (Å²) in [6.07, 6.45) is -2.33. The van der Waals surface area contributed by atoms with Crippen molar-refractivity contribution in [2.45, 2.75) is 0 Å². The van der Waals surface area contributed by atoms with Crippen molar-refractivity contribution in [2.75, 3.05) is 0 Å². The molecule has 52 valence electrons. The number of rotatable bonds is 0. The Morgan fingerprint density at radius 2 is 1.14 bits per heavy atom. The van der Waals surface area contributed by atoms with Crippen molar-refractivity contribution in [3.8, 4) is 0 Å². The first-order valence-corrected chi connectivity index (χ1v) is 0.612. The molecule has 0 unspecified atom stereocenters.